The van der Waals surface area contributed by atoms with Crippen molar-refractivity contribution in [3.05, 3.63) is 30.3 Å². The second kappa shape index (κ2) is 6.16. The predicted octanol–water partition coefficient (Wildman–Crippen LogP) is 2.47. The number of halogens is 4. The van der Waals surface area contributed by atoms with Crippen molar-refractivity contribution in [3.8, 4) is 0 Å². The first-order chi connectivity index (χ1) is 7.55. The summed E-state index contributed by atoms with van der Waals surface area (Å²) < 4.78 is 52.8. The molecule has 0 spiro atoms. The standard InChI is InChI=1S/C9H15NOS.BF4/c1-10(2)12(3,11)9-7-5-4-6-8-9;2-1(3,4)5/h4-8,12H,1-3H3;/q;-1. The van der Waals surface area contributed by atoms with Gasteiger partial charge in [-0.25, -0.2) is 4.31 Å². The number of hydrogen-bond acceptors (Lipinski definition) is 1. The van der Waals surface area contributed by atoms with E-state index < -0.39 is 17.4 Å². The van der Waals surface area contributed by atoms with Gasteiger partial charge in [-0.3, -0.25) is 4.21 Å². The van der Waals surface area contributed by atoms with Gasteiger partial charge in [0.05, 0.1) is 0 Å². The Balaban J connectivity index is 0.000000437. The van der Waals surface area contributed by atoms with Crippen molar-refractivity contribution in [2.45, 2.75) is 4.90 Å². The third-order valence-corrected chi connectivity index (χ3v) is 4.78. The lowest BCUT2D eigenvalue weighted by atomic mass is 10.3. The number of nitrogens with zero attached hydrogens (tertiary/aromatic N) is 1. The third-order valence-electron chi connectivity index (χ3n) is 2.00. The Bertz CT molecular complexity index is 376. The molecule has 0 radical (unpaired) electrons. The van der Waals surface area contributed by atoms with Gasteiger partial charge in [-0.05, 0) is 36.3 Å². The van der Waals surface area contributed by atoms with Gasteiger partial charge in [-0.2, -0.15) is 0 Å². The molecule has 1 rings (SSSR count). The Morgan fingerprint density at radius 1 is 1.06 bits per heavy atom. The van der Waals surface area contributed by atoms with Crippen molar-refractivity contribution in [1.29, 1.82) is 0 Å². The van der Waals surface area contributed by atoms with E-state index in [0.29, 0.717) is 0 Å². The van der Waals surface area contributed by atoms with E-state index in [1.165, 1.54) is 0 Å². The lowest BCUT2D eigenvalue weighted by Gasteiger charge is -2.26. The molecule has 0 aliphatic heterocycles. The first-order valence-electron chi connectivity index (χ1n) is 4.73. The molecule has 1 aromatic rings. The molecule has 0 N–H and O–H groups in total. The van der Waals surface area contributed by atoms with Crippen LogP contribution in [0, 0.1) is 0 Å². The lowest BCUT2D eigenvalue weighted by molar-refractivity contribution is 0.368. The van der Waals surface area contributed by atoms with Gasteiger partial charge >= 0.3 is 7.25 Å². The normalized spacial score (nSPS) is 12.9. The highest BCUT2D eigenvalue weighted by molar-refractivity contribution is 8.00. The van der Waals surface area contributed by atoms with Gasteiger partial charge < -0.3 is 17.3 Å². The smallest absolute Gasteiger partial charge is 0.418 e. The van der Waals surface area contributed by atoms with E-state index in [4.69, 9.17) is 0 Å². The SMILES string of the molecule is CN(C)[SH](C)(=O)c1ccccc1.F[B-](F)(F)F. The van der Waals surface area contributed by atoms with E-state index in [-0.39, 0.29) is 0 Å². The molecule has 0 unspecified atom stereocenters. The molecule has 0 atom stereocenters. The molecule has 0 aliphatic rings. The molecule has 8 heteroatoms. The quantitative estimate of drug-likeness (QED) is 0.498. The van der Waals surface area contributed by atoms with Crippen LogP contribution in [-0.4, -0.2) is 36.1 Å². The Labute approximate surface area is 99.3 Å². The molecule has 0 saturated heterocycles. The van der Waals surface area contributed by atoms with Crippen molar-refractivity contribution in [2.24, 2.45) is 0 Å². The van der Waals surface area contributed by atoms with E-state index in [2.05, 4.69) is 0 Å². The minimum atomic E-state index is -6.00. The van der Waals surface area contributed by atoms with Crippen LogP contribution in [-0.2, 0) is 10.1 Å². The zero-order valence-corrected chi connectivity index (χ0v) is 10.7. The second-order valence-electron chi connectivity index (χ2n) is 3.56. The van der Waals surface area contributed by atoms with Gasteiger partial charge in [0, 0.05) is 11.2 Å². The fourth-order valence-electron chi connectivity index (χ4n) is 0.936. The molecule has 100 valence electrons. The summed E-state index contributed by atoms with van der Waals surface area (Å²) in [5, 5.41) is 0. The van der Waals surface area contributed by atoms with E-state index in [1.807, 2.05) is 44.4 Å². The maximum atomic E-state index is 12.0. The summed E-state index contributed by atoms with van der Waals surface area (Å²) in [7, 11) is -4.60. The highest BCUT2D eigenvalue weighted by Gasteiger charge is 2.20. The lowest BCUT2D eigenvalue weighted by Crippen LogP contribution is -2.28. The number of rotatable bonds is 2. The van der Waals surface area contributed by atoms with Crippen molar-refractivity contribution < 1.29 is 21.5 Å². The minimum absolute atomic E-state index is 0.912. The molecular formula is C9H15BF4NOS-. The van der Waals surface area contributed by atoms with Gasteiger partial charge in [-0.1, -0.05) is 18.2 Å². The van der Waals surface area contributed by atoms with Gasteiger partial charge in [0.1, 0.15) is 0 Å². The number of thiol groups is 1. The summed E-state index contributed by atoms with van der Waals surface area (Å²) in [6.45, 7) is 0. The first-order valence-corrected chi connectivity index (χ1v) is 6.84. The fourth-order valence-corrected chi connectivity index (χ4v) is 2.12. The fraction of sp³-hybridized carbons (Fsp3) is 0.333. The highest BCUT2D eigenvalue weighted by Crippen LogP contribution is 2.17. The predicted molar refractivity (Wildman–Crippen MR) is 64.0 cm³/mol. The molecule has 2 nitrogen and oxygen atoms in total. The molecule has 1 aromatic carbocycles. The number of benzene rings is 1. The van der Waals surface area contributed by atoms with Crippen LogP contribution in [0.4, 0.5) is 17.3 Å². The van der Waals surface area contributed by atoms with Crippen LogP contribution in [0.3, 0.4) is 0 Å². The van der Waals surface area contributed by atoms with Gasteiger partial charge in [0.25, 0.3) is 0 Å². The third kappa shape index (κ3) is 7.12. The Morgan fingerprint density at radius 2 is 1.41 bits per heavy atom. The van der Waals surface area contributed by atoms with Crippen LogP contribution < -0.4 is 0 Å². The zero-order chi connectivity index (χ0) is 13.7. The van der Waals surface area contributed by atoms with Gasteiger partial charge in [-0.15, -0.1) is 0 Å². The summed E-state index contributed by atoms with van der Waals surface area (Å²) in [4.78, 5) is 0.912. The van der Waals surface area contributed by atoms with Crippen molar-refractivity contribution in [1.82, 2.24) is 4.31 Å². The Hall–Kier alpha value is -0.885. The molecule has 0 aromatic heterocycles. The van der Waals surface area contributed by atoms with Gasteiger partial charge in [0.2, 0.25) is 0 Å². The maximum Gasteiger partial charge on any atom is 0.673 e. The van der Waals surface area contributed by atoms with E-state index >= 15 is 0 Å². The molecule has 0 fully saturated rings. The van der Waals surface area contributed by atoms with E-state index in [0.717, 1.165) is 4.90 Å². The molecule has 17 heavy (non-hydrogen) atoms. The topological polar surface area (TPSA) is 20.3 Å². The monoisotopic (exact) mass is 272 g/mol. The summed E-state index contributed by atoms with van der Waals surface area (Å²) in [6.07, 6.45) is 1.78. The average molecular weight is 272 g/mol. The zero-order valence-electron chi connectivity index (χ0n) is 9.78. The largest absolute Gasteiger partial charge is 0.673 e. The van der Waals surface area contributed by atoms with E-state index in [1.54, 1.807) is 10.6 Å². The van der Waals surface area contributed by atoms with Crippen LogP contribution in [0.5, 0.6) is 0 Å². The highest BCUT2D eigenvalue weighted by atomic mass is 32.3. The maximum absolute atomic E-state index is 12.0. The van der Waals surface area contributed by atoms with Crippen molar-refractivity contribution in [3.63, 3.8) is 0 Å². The molecule has 0 saturated carbocycles. The summed E-state index contributed by atoms with van der Waals surface area (Å²) in [6, 6.07) is 9.56. The van der Waals surface area contributed by atoms with Crippen LogP contribution in [0.15, 0.2) is 35.2 Å². The average Bonchev–Trinajstić information content (AvgIpc) is 2.16. The first kappa shape index (κ1) is 16.1. The van der Waals surface area contributed by atoms with Crippen LogP contribution >= 0.6 is 0 Å². The van der Waals surface area contributed by atoms with Gasteiger partial charge in [0.15, 0.2) is 0 Å². The van der Waals surface area contributed by atoms with Crippen molar-refractivity contribution >= 4 is 17.4 Å². The minimum Gasteiger partial charge on any atom is -0.418 e. The van der Waals surface area contributed by atoms with Crippen LogP contribution in [0.2, 0.25) is 0 Å². The Kier molecular flexibility index (Phi) is 5.84. The Morgan fingerprint density at radius 3 is 1.71 bits per heavy atom. The number of hydrogen-bond donors (Lipinski definition) is 1. The molecule has 0 amide bonds. The second-order valence-corrected chi connectivity index (χ2v) is 6.63. The summed E-state index contributed by atoms with van der Waals surface area (Å²) in [5.74, 6) is 0. The molecule has 0 heterocycles. The summed E-state index contributed by atoms with van der Waals surface area (Å²) in [5.41, 5.74) is 0. The molecular weight excluding hydrogens is 257 g/mol. The molecule has 0 aliphatic carbocycles. The van der Waals surface area contributed by atoms with E-state index in [9.17, 15) is 21.5 Å². The molecule has 0 bridgehead atoms. The van der Waals surface area contributed by atoms with Crippen molar-refractivity contribution in [2.75, 3.05) is 20.4 Å². The summed E-state index contributed by atoms with van der Waals surface area (Å²) >= 11 is 0. The van der Waals surface area contributed by atoms with Crippen LogP contribution in [0.1, 0.15) is 0 Å². The van der Waals surface area contributed by atoms with Crippen LogP contribution in [0.25, 0.3) is 0 Å².